The van der Waals surface area contributed by atoms with Crippen LogP contribution in [0.3, 0.4) is 0 Å². The smallest absolute Gasteiger partial charge is 0.272 e. The van der Waals surface area contributed by atoms with E-state index in [4.69, 9.17) is 5.73 Å². The molecule has 92 valence electrons. The molecule has 2 N–H and O–H groups in total. The molecule has 17 heavy (non-hydrogen) atoms. The summed E-state index contributed by atoms with van der Waals surface area (Å²) in [5, 5.41) is 0. The van der Waals surface area contributed by atoms with Crippen LogP contribution >= 0.6 is 0 Å². The number of aromatic nitrogens is 1. The summed E-state index contributed by atoms with van der Waals surface area (Å²) in [5.74, 6) is -0.0171. The van der Waals surface area contributed by atoms with Gasteiger partial charge in [-0.15, -0.1) is 0 Å². The van der Waals surface area contributed by atoms with E-state index in [2.05, 4.69) is 18.8 Å². The van der Waals surface area contributed by atoms with Crippen LogP contribution in [0.5, 0.6) is 0 Å². The molecule has 0 spiro atoms. The van der Waals surface area contributed by atoms with E-state index in [1.165, 1.54) is 0 Å². The highest BCUT2D eigenvalue weighted by molar-refractivity contribution is 5.92. The van der Waals surface area contributed by atoms with E-state index < -0.39 is 0 Å². The highest BCUT2D eigenvalue weighted by Gasteiger charge is 2.35. The maximum Gasteiger partial charge on any atom is 0.272 e. The summed E-state index contributed by atoms with van der Waals surface area (Å²) < 4.78 is 0. The van der Waals surface area contributed by atoms with Gasteiger partial charge in [-0.05, 0) is 24.0 Å². The van der Waals surface area contributed by atoms with E-state index in [-0.39, 0.29) is 17.4 Å². The van der Waals surface area contributed by atoms with Crippen molar-refractivity contribution in [1.82, 2.24) is 9.88 Å². The van der Waals surface area contributed by atoms with E-state index in [1.54, 1.807) is 17.2 Å². The SMILES string of the molecule is CC1(C)CCN(C(=O)c2ccccn2)CC1N. The number of pyridine rings is 1. The lowest BCUT2D eigenvalue weighted by Gasteiger charge is -2.41. The highest BCUT2D eigenvalue weighted by atomic mass is 16.2. The number of nitrogens with zero attached hydrogens (tertiary/aromatic N) is 2. The van der Waals surface area contributed by atoms with Gasteiger partial charge in [0, 0.05) is 25.3 Å². The third kappa shape index (κ3) is 2.47. The first-order valence-electron chi connectivity index (χ1n) is 5.96. The van der Waals surface area contributed by atoms with E-state index >= 15 is 0 Å². The third-order valence-corrected chi connectivity index (χ3v) is 3.62. The normalized spacial score (nSPS) is 23.5. The summed E-state index contributed by atoms with van der Waals surface area (Å²) in [6, 6.07) is 5.41. The van der Waals surface area contributed by atoms with Crippen molar-refractivity contribution in [1.29, 1.82) is 0 Å². The van der Waals surface area contributed by atoms with Crippen molar-refractivity contribution < 1.29 is 4.79 Å². The Balaban J connectivity index is 2.08. The summed E-state index contributed by atoms with van der Waals surface area (Å²) in [6.07, 6.45) is 2.58. The summed E-state index contributed by atoms with van der Waals surface area (Å²) >= 11 is 0. The van der Waals surface area contributed by atoms with Crippen LogP contribution in [0.4, 0.5) is 0 Å². The fraction of sp³-hybridized carbons (Fsp3) is 0.538. The van der Waals surface area contributed by atoms with Crippen LogP contribution in [-0.4, -0.2) is 34.9 Å². The van der Waals surface area contributed by atoms with Crippen molar-refractivity contribution in [3.63, 3.8) is 0 Å². The molecule has 0 aliphatic carbocycles. The predicted octanol–water partition coefficient (Wildman–Crippen LogP) is 1.28. The van der Waals surface area contributed by atoms with Gasteiger partial charge in [-0.1, -0.05) is 19.9 Å². The monoisotopic (exact) mass is 233 g/mol. The van der Waals surface area contributed by atoms with E-state index in [0.717, 1.165) is 13.0 Å². The number of piperidine rings is 1. The zero-order chi connectivity index (χ0) is 12.5. The summed E-state index contributed by atoms with van der Waals surface area (Å²) in [4.78, 5) is 18.1. The van der Waals surface area contributed by atoms with Crippen LogP contribution in [-0.2, 0) is 0 Å². The van der Waals surface area contributed by atoms with E-state index in [0.29, 0.717) is 12.2 Å². The van der Waals surface area contributed by atoms with Gasteiger partial charge in [-0.2, -0.15) is 0 Å². The minimum atomic E-state index is -0.0171. The molecule has 1 aromatic rings. The molecule has 1 saturated heterocycles. The second-order valence-electron chi connectivity index (χ2n) is 5.31. The Kier molecular flexibility index (Phi) is 3.15. The van der Waals surface area contributed by atoms with Gasteiger partial charge in [0.2, 0.25) is 0 Å². The number of hydrogen-bond donors (Lipinski definition) is 1. The molecule has 0 radical (unpaired) electrons. The average molecular weight is 233 g/mol. The average Bonchev–Trinajstić information content (AvgIpc) is 2.33. The first kappa shape index (κ1) is 12.0. The molecule has 2 heterocycles. The summed E-state index contributed by atoms with van der Waals surface area (Å²) in [6.45, 7) is 5.68. The molecular formula is C13H19N3O. The molecule has 1 aliphatic rings. The Morgan fingerprint density at radius 2 is 2.29 bits per heavy atom. The highest BCUT2D eigenvalue weighted by Crippen LogP contribution is 2.29. The van der Waals surface area contributed by atoms with Crippen LogP contribution in [0.15, 0.2) is 24.4 Å². The van der Waals surface area contributed by atoms with Gasteiger partial charge in [0.25, 0.3) is 5.91 Å². The lowest BCUT2D eigenvalue weighted by molar-refractivity contribution is 0.0570. The molecule has 2 rings (SSSR count). The Morgan fingerprint density at radius 3 is 2.88 bits per heavy atom. The standard InChI is InChI=1S/C13H19N3O/c1-13(2)6-8-16(9-11(13)14)12(17)10-5-3-4-7-15-10/h3-5,7,11H,6,8-9,14H2,1-2H3. The zero-order valence-electron chi connectivity index (χ0n) is 10.4. The lowest BCUT2D eigenvalue weighted by atomic mass is 9.78. The molecule has 1 fully saturated rings. The number of amides is 1. The quantitative estimate of drug-likeness (QED) is 0.795. The topological polar surface area (TPSA) is 59.2 Å². The number of rotatable bonds is 1. The Hall–Kier alpha value is -1.42. The minimum Gasteiger partial charge on any atom is -0.336 e. The van der Waals surface area contributed by atoms with Gasteiger partial charge in [0.05, 0.1) is 0 Å². The van der Waals surface area contributed by atoms with Crippen molar-refractivity contribution in [3.05, 3.63) is 30.1 Å². The fourth-order valence-corrected chi connectivity index (χ4v) is 2.02. The van der Waals surface area contributed by atoms with Crippen LogP contribution in [0.25, 0.3) is 0 Å². The van der Waals surface area contributed by atoms with Gasteiger partial charge in [-0.3, -0.25) is 9.78 Å². The third-order valence-electron chi connectivity index (χ3n) is 3.62. The fourth-order valence-electron chi connectivity index (χ4n) is 2.02. The van der Waals surface area contributed by atoms with Gasteiger partial charge < -0.3 is 10.6 Å². The van der Waals surface area contributed by atoms with Crippen LogP contribution in [0, 0.1) is 5.41 Å². The van der Waals surface area contributed by atoms with Crippen LogP contribution in [0.2, 0.25) is 0 Å². The van der Waals surface area contributed by atoms with Gasteiger partial charge in [0.15, 0.2) is 0 Å². The second kappa shape index (κ2) is 4.45. The van der Waals surface area contributed by atoms with Crippen molar-refractivity contribution in [3.8, 4) is 0 Å². The Bertz CT molecular complexity index is 402. The molecule has 0 saturated carbocycles. The minimum absolute atomic E-state index is 0.0171. The predicted molar refractivity (Wildman–Crippen MR) is 66.5 cm³/mol. The Labute approximate surface area is 102 Å². The number of carbonyl (C=O) groups excluding carboxylic acids is 1. The molecule has 1 unspecified atom stereocenters. The number of likely N-dealkylation sites (tertiary alicyclic amines) is 1. The van der Waals surface area contributed by atoms with Crippen molar-refractivity contribution in [2.24, 2.45) is 11.1 Å². The lowest BCUT2D eigenvalue weighted by Crippen LogP contribution is -2.54. The number of carbonyl (C=O) groups is 1. The number of nitrogens with two attached hydrogens (primary N) is 1. The molecule has 1 atom stereocenters. The molecule has 1 amide bonds. The maximum absolute atomic E-state index is 12.2. The van der Waals surface area contributed by atoms with E-state index in [9.17, 15) is 4.79 Å². The first-order valence-corrected chi connectivity index (χ1v) is 5.96. The van der Waals surface area contributed by atoms with Gasteiger partial charge in [-0.25, -0.2) is 0 Å². The molecule has 1 aromatic heterocycles. The molecular weight excluding hydrogens is 214 g/mol. The largest absolute Gasteiger partial charge is 0.336 e. The molecule has 4 nitrogen and oxygen atoms in total. The van der Waals surface area contributed by atoms with E-state index in [1.807, 2.05) is 12.1 Å². The summed E-state index contributed by atoms with van der Waals surface area (Å²) in [5.41, 5.74) is 6.72. The van der Waals surface area contributed by atoms with Crippen LogP contribution in [0.1, 0.15) is 30.8 Å². The Morgan fingerprint density at radius 1 is 1.53 bits per heavy atom. The molecule has 0 bridgehead atoms. The summed E-state index contributed by atoms with van der Waals surface area (Å²) in [7, 11) is 0. The van der Waals surface area contributed by atoms with Crippen molar-refractivity contribution >= 4 is 5.91 Å². The molecule has 0 aromatic carbocycles. The van der Waals surface area contributed by atoms with Crippen molar-refractivity contribution in [2.45, 2.75) is 26.3 Å². The molecule has 4 heteroatoms. The van der Waals surface area contributed by atoms with Gasteiger partial charge >= 0.3 is 0 Å². The maximum atomic E-state index is 12.2. The first-order chi connectivity index (χ1) is 8.00. The number of hydrogen-bond acceptors (Lipinski definition) is 3. The zero-order valence-corrected chi connectivity index (χ0v) is 10.4. The second-order valence-corrected chi connectivity index (χ2v) is 5.31. The van der Waals surface area contributed by atoms with Gasteiger partial charge in [0.1, 0.15) is 5.69 Å². The van der Waals surface area contributed by atoms with Crippen LogP contribution < -0.4 is 5.73 Å². The van der Waals surface area contributed by atoms with Crippen molar-refractivity contribution in [2.75, 3.05) is 13.1 Å². The molecule has 1 aliphatic heterocycles.